The average Bonchev–Trinajstić information content (AvgIpc) is 3.29. The minimum atomic E-state index is -0.701. The largest absolute Gasteiger partial charge is 0.458 e. The molecule has 0 heterocycles. The van der Waals surface area contributed by atoms with Crippen molar-refractivity contribution in [3.63, 3.8) is 0 Å². The summed E-state index contributed by atoms with van der Waals surface area (Å²) in [5, 5.41) is 0. The van der Waals surface area contributed by atoms with E-state index < -0.39 is 18.0 Å². The number of carbonyl (C=O) groups is 2. The van der Waals surface area contributed by atoms with E-state index in [2.05, 4.69) is 38.1 Å². The number of hydrogen-bond acceptors (Lipinski definition) is 4. The van der Waals surface area contributed by atoms with Gasteiger partial charge in [-0.15, -0.1) is 0 Å². The summed E-state index contributed by atoms with van der Waals surface area (Å²) in [5.41, 5.74) is 4.35. The van der Waals surface area contributed by atoms with E-state index >= 15 is 0 Å². The van der Waals surface area contributed by atoms with Gasteiger partial charge >= 0.3 is 11.9 Å². The van der Waals surface area contributed by atoms with Crippen molar-refractivity contribution in [1.82, 2.24) is 0 Å². The summed E-state index contributed by atoms with van der Waals surface area (Å²) >= 11 is 0. The minimum absolute atomic E-state index is 0.0456. The molecule has 0 unspecified atom stereocenters. The molecule has 1 atom stereocenters. The molecule has 0 saturated heterocycles. The Bertz CT molecular complexity index is 1560. The van der Waals surface area contributed by atoms with Crippen LogP contribution in [0.15, 0.2) is 78.9 Å². The Labute approximate surface area is 366 Å². The maximum atomic E-state index is 13.4. The molecule has 3 aromatic carbocycles. The molecule has 0 amide bonds. The van der Waals surface area contributed by atoms with Crippen LogP contribution in [0, 0.1) is 23.7 Å². The van der Waals surface area contributed by atoms with Crippen LogP contribution in [0.5, 0.6) is 0 Å². The smallest absolute Gasteiger partial charge is 0.338 e. The van der Waals surface area contributed by atoms with Crippen LogP contribution in [0.25, 0.3) is 0 Å². The molecule has 2 aliphatic carbocycles. The highest BCUT2D eigenvalue weighted by Crippen LogP contribution is 2.36. The fourth-order valence-corrected chi connectivity index (χ4v) is 10.1. The molecule has 0 aliphatic heterocycles. The molecule has 330 valence electrons. The number of unbranched alkanes of at least 4 members (excludes halogenated alkanes) is 10. The summed E-state index contributed by atoms with van der Waals surface area (Å²) in [5.74, 6) is 2.97. The van der Waals surface area contributed by atoms with E-state index in [9.17, 15) is 9.59 Å². The maximum Gasteiger partial charge on any atom is 0.338 e. The first-order valence-electron chi connectivity index (χ1n) is 25.1. The third kappa shape index (κ3) is 17.9. The quantitative estimate of drug-likeness (QED) is 0.0541. The van der Waals surface area contributed by atoms with Gasteiger partial charge in [-0.1, -0.05) is 223 Å². The van der Waals surface area contributed by atoms with Crippen molar-refractivity contribution >= 4 is 11.9 Å². The number of aryl methyl sites for hydroxylation is 2. The van der Waals surface area contributed by atoms with Crippen LogP contribution in [-0.2, 0) is 22.3 Å². The van der Waals surface area contributed by atoms with Gasteiger partial charge < -0.3 is 9.47 Å². The highest BCUT2D eigenvalue weighted by molar-refractivity contribution is 5.90. The SMILES string of the molecule is CCCCCCC[C@H]1CC[C@H](CCCCc2ccc(C(=O)OC[C@H](OC(=O)c3ccc(CCCC[C@H]4CC[C@H](CCCCCCC)CC4)cc3)c3ccccc3)cc2)CC1. The Balaban J connectivity index is 0.968. The Morgan fingerprint density at radius 2 is 0.850 bits per heavy atom. The lowest BCUT2D eigenvalue weighted by molar-refractivity contribution is -0.00133. The van der Waals surface area contributed by atoms with E-state index in [1.807, 2.05) is 54.6 Å². The van der Waals surface area contributed by atoms with E-state index in [-0.39, 0.29) is 6.61 Å². The molecule has 2 fully saturated rings. The zero-order valence-electron chi connectivity index (χ0n) is 38.0. The zero-order chi connectivity index (χ0) is 42.0. The summed E-state index contributed by atoms with van der Waals surface area (Å²) < 4.78 is 11.8. The van der Waals surface area contributed by atoms with Gasteiger partial charge in [0, 0.05) is 0 Å². The van der Waals surface area contributed by atoms with Gasteiger partial charge in [-0.05, 0) is 90.3 Å². The van der Waals surface area contributed by atoms with Gasteiger partial charge in [0.25, 0.3) is 0 Å². The summed E-state index contributed by atoms with van der Waals surface area (Å²) in [6, 6.07) is 25.3. The number of rotatable bonds is 28. The van der Waals surface area contributed by atoms with Gasteiger partial charge in [0.05, 0.1) is 11.1 Å². The fourth-order valence-electron chi connectivity index (χ4n) is 10.1. The van der Waals surface area contributed by atoms with Crippen LogP contribution < -0.4 is 0 Å². The molecule has 2 saturated carbocycles. The van der Waals surface area contributed by atoms with Gasteiger partial charge in [-0.2, -0.15) is 0 Å². The highest BCUT2D eigenvalue weighted by Gasteiger charge is 2.23. The number of ether oxygens (including phenoxy) is 2. The lowest BCUT2D eigenvalue weighted by Gasteiger charge is -2.28. The first kappa shape index (κ1) is 47.6. The normalized spacial score (nSPS) is 19.8. The molecule has 0 aromatic heterocycles. The summed E-state index contributed by atoms with van der Waals surface area (Å²) in [4.78, 5) is 26.5. The second-order valence-electron chi connectivity index (χ2n) is 19.0. The first-order valence-corrected chi connectivity index (χ1v) is 25.1. The fraction of sp³-hybridized carbons (Fsp3) is 0.643. The molecule has 0 bridgehead atoms. The van der Waals surface area contributed by atoms with Crippen LogP contribution >= 0.6 is 0 Å². The third-order valence-electron chi connectivity index (χ3n) is 14.2. The summed E-state index contributed by atoms with van der Waals surface area (Å²) in [6.07, 6.45) is 37.4. The maximum absolute atomic E-state index is 13.4. The second kappa shape index (κ2) is 28.2. The van der Waals surface area contributed by atoms with Crippen LogP contribution in [0.1, 0.15) is 224 Å². The van der Waals surface area contributed by atoms with Gasteiger partial charge in [-0.25, -0.2) is 9.59 Å². The molecule has 0 spiro atoms. The molecule has 0 radical (unpaired) electrons. The number of esters is 2. The molecule has 3 aromatic rings. The number of benzene rings is 3. The van der Waals surface area contributed by atoms with Gasteiger partial charge in [0.15, 0.2) is 6.10 Å². The molecule has 5 rings (SSSR count). The van der Waals surface area contributed by atoms with Crippen molar-refractivity contribution in [1.29, 1.82) is 0 Å². The molecule has 4 heteroatoms. The van der Waals surface area contributed by atoms with Crippen molar-refractivity contribution in [3.05, 3.63) is 107 Å². The minimum Gasteiger partial charge on any atom is -0.458 e. The zero-order valence-corrected chi connectivity index (χ0v) is 38.0. The standard InChI is InChI=1S/C56H82O4/c1-3-5-7-9-12-20-45-28-32-47(33-29-45)22-16-18-24-49-36-40-52(41-37-49)55(57)59-44-54(51-26-14-11-15-27-51)60-56(58)53-42-38-50(39-43-53)25-19-17-23-48-34-30-46(31-35-48)21-13-10-8-6-4-2/h11,14-15,26-27,36-43,45-48,54H,3-10,12-13,16-25,28-35,44H2,1-2H3/t45-,46-,47-,48-,54-/m0/s1. The Morgan fingerprint density at radius 3 is 1.27 bits per heavy atom. The van der Waals surface area contributed by atoms with Crippen LogP contribution in [-0.4, -0.2) is 18.5 Å². The Hall–Kier alpha value is -3.40. The Kier molecular flexibility index (Phi) is 22.4. The first-order chi connectivity index (χ1) is 29.5. The van der Waals surface area contributed by atoms with Crippen LogP contribution in [0.3, 0.4) is 0 Å². The van der Waals surface area contributed by atoms with E-state index in [0.717, 1.165) is 42.1 Å². The van der Waals surface area contributed by atoms with E-state index in [0.29, 0.717) is 11.1 Å². The van der Waals surface area contributed by atoms with Crippen molar-refractivity contribution < 1.29 is 19.1 Å². The van der Waals surface area contributed by atoms with Crippen LogP contribution in [0.4, 0.5) is 0 Å². The molecule has 0 N–H and O–H groups in total. The van der Waals surface area contributed by atoms with Crippen molar-refractivity contribution in [3.8, 4) is 0 Å². The van der Waals surface area contributed by atoms with Gasteiger partial charge in [0.2, 0.25) is 0 Å². The summed E-state index contributed by atoms with van der Waals surface area (Å²) in [6.45, 7) is 4.54. The lowest BCUT2D eigenvalue weighted by atomic mass is 9.78. The Morgan fingerprint density at radius 1 is 0.467 bits per heavy atom. The van der Waals surface area contributed by atoms with Crippen molar-refractivity contribution in [2.45, 2.75) is 200 Å². The topological polar surface area (TPSA) is 52.6 Å². The number of carbonyl (C=O) groups excluding carboxylic acids is 2. The molecule has 2 aliphatic rings. The summed E-state index contributed by atoms with van der Waals surface area (Å²) in [7, 11) is 0. The van der Waals surface area contributed by atoms with E-state index in [1.54, 1.807) is 0 Å². The van der Waals surface area contributed by atoms with E-state index in [4.69, 9.17) is 9.47 Å². The molecule has 60 heavy (non-hydrogen) atoms. The predicted octanol–water partition coefficient (Wildman–Crippen LogP) is 16.2. The van der Waals surface area contributed by atoms with Crippen LogP contribution in [0.2, 0.25) is 0 Å². The van der Waals surface area contributed by atoms with E-state index in [1.165, 1.54) is 178 Å². The molecular weight excluding hydrogens is 737 g/mol. The third-order valence-corrected chi connectivity index (χ3v) is 14.2. The second-order valence-corrected chi connectivity index (χ2v) is 19.0. The van der Waals surface area contributed by atoms with Crippen molar-refractivity contribution in [2.24, 2.45) is 23.7 Å². The lowest BCUT2D eigenvalue weighted by Crippen LogP contribution is -2.19. The molecular formula is C56H82O4. The van der Waals surface area contributed by atoms with Gasteiger partial charge in [0.1, 0.15) is 6.61 Å². The monoisotopic (exact) mass is 819 g/mol. The number of hydrogen-bond donors (Lipinski definition) is 0. The average molecular weight is 819 g/mol. The van der Waals surface area contributed by atoms with Gasteiger partial charge in [-0.3, -0.25) is 0 Å². The van der Waals surface area contributed by atoms with Crippen molar-refractivity contribution in [2.75, 3.05) is 6.61 Å². The molecule has 4 nitrogen and oxygen atoms in total. The predicted molar refractivity (Wildman–Crippen MR) is 251 cm³/mol. The highest BCUT2D eigenvalue weighted by atomic mass is 16.6.